The highest BCUT2D eigenvalue weighted by Gasteiger charge is 2.18. The maximum atomic E-state index is 13.3. The van der Waals surface area contributed by atoms with Gasteiger partial charge in [0, 0.05) is 22.9 Å². The molecule has 7 nitrogen and oxygen atoms in total. The van der Waals surface area contributed by atoms with Crippen LogP contribution in [0.2, 0.25) is 0 Å². The zero-order valence-corrected chi connectivity index (χ0v) is 16.3. The number of thiophene rings is 1. The zero-order chi connectivity index (χ0) is 21.1. The van der Waals surface area contributed by atoms with E-state index in [1.807, 2.05) is 0 Å². The molecule has 0 atom stereocenters. The van der Waals surface area contributed by atoms with Gasteiger partial charge in [-0.25, -0.2) is 4.39 Å². The van der Waals surface area contributed by atoms with Crippen molar-refractivity contribution in [1.82, 2.24) is 0 Å². The monoisotopic (exact) mass is 413 g/mol. The third kappa shape index (κ3) is 4.64. The fourth-order valence-corrected chi connectivity index (χ4v) is 3.62. The van der Waals surface area contributed by atoms with Crippen LogP contribution in [0.1, 0.15) is 31.2 Å². The number of anilines is 2. The highest BCUT2D eigenvalue weighted by molar-refractivity contribution is 7.18. The predicted octanol–water partition coefficient (Wildman–Crippen LogP) is 4.92. The Morgan fingerprint density at radius 1 is 1.00 bits per heavy atom. The van der Waals surface area contributed by atoms with E-state index in [2.05, 4.69) is 10.6 Å². The Labute approximate surface area is 169 Å². The van der Waals surface area contributed by atoms with Gasteiger partial charge < -0.3 is 10.6 Å². The maximum Gasteiger partial charge on any atom is 0.274 e. The SMILES string of the molecule is Cc1ccc(NC(=O)c2sc(NC(=O)c3cccc(F)c3)cc2C)cc1[N+](=O)[O-]. The highest BCUT2D eigenvalue weighted by Crippen LogP contribution is 2.29. The molecule has 1 heterocycles. The van der Waals surface area contributed by atoms with Crippen LogP contribution in [0, 0.1) is 29.8 Å². The second kappa shape index (κ2) is 8.19. The van der Waals surface area contributed by atoms with E-state index in [-0.39, 0.29) is 11.3 Å². The van der Waals surface area contributed by atoms with Crippen LogP contribution in [0.15, 0.2) is 48.5 Å². The fraction of sp³-hybridized carbons (Fsp3) is 0.100. The van der Waals surface area contributed by atoms with E-state index >= 15 is 0 Å². The number of nitro groups is 1. The number of halogens is 1. The molecule has 0 aliphatic carbocycles. The van der Waals surface area contributed by atoms with Crippen LogP contribution in [0.4, 0.5) is 20.8 Å². The first-order valence-corrected chi connectivity index (χ1v) is 9.30. The third-order valence-corrected chi connectivity index (χ3v) is 5.26. The van der Waals surface area contributed by atoms with Gasteiger partial charge in [-0.15, -0.1) is 11.3 Å². The molecule has 0 bridgehead atoms. The lowest BCUT2D eigenvalue weighted by molar-refractivity contribution is -0.385. The molecule has 9 heteroatoms. The molecular weight excluding hydrogens is 397 g/mol. The summed E-state index contributed by atoms with van der Waals surface area (Å²) in [5, 5.41) is 16.8. The Morgan fingerprint density at radius 3 is 2.45 bits per heavy atom. The topological polar surface area (TPSA) is 101 Å². The molecule has 0 aliphatic rings. The summed E-state index contributed by atoms with van der Waals surface area (Å²) in [5.74, 6) is -1.46. The maximum absolute atomic E-state index is 13.3. The Hall–Kier alpha value is -3.59. The summed E-state index contributed by atoms with van der Waals surface area (Å²) in [7, 11) is 0. The molecule has 0 spiro atoms. The fourth-order valence-electron chi connectivity index (χ4n) is 2.65. The van der Waals surface area contributed by atoms with Crippen LogP contribution >= 0.6 is 11.3 Å². The zero-order valence-electron chi connectivity index (χ0n) is 15.5. The summed E-state index contributed by atoms with van der Waals surface area (Å²) in [6.45, 7) is 3.32. The van der Waals surface area contributed by atoms with Gasteiger partial charge in [0.2, 0.25) is 0 Å². The first-order chi connectivity index (χ1) is 13.7. The predicted molar refractivity (Wildman–Crippen MR) is 109 cm³/mol. The highest BCUT2D eigenvalue weighted by atomic mass is 32.1. The number of amides is 2. The first kappa shape index (κ1) is 20.2. The van der Waals surface area contributed by atoms with Crippen LogP contribution < -0.4 is 10.6 Å². The number of carbonyl (C=O) groups is 2. The number of nitrogens with zero attached hydrogens (tertiary/aromatic N) is 1. The summed E-state index contributed by atoms with van der Waals surface area (Å²) in [4.78, 5) is 35.7. The largest absolute Gasteiger partial charge is 0.321 e. The number of nitro benzene ring substituents is 1. The summed E-state index contributed by atoms with van der Waals surface area (Å²) in [6, 6.07) is 11.3. The second-order valence-corrected chi connectivity index (χ2v) is 7.35. The molecule has 3 rings (SSSR count). The minimum Gasteiger partial charge on any atom is -0.321 e. The molecule has 29 heavy (non-hydrogen) atoms. The Morgan fingerprint density at radius 2 is 1.76 bits per heavy atom. The minimum atomic E-state index is -0.521. The van der Waals surface area contributed by atoms with Gasteiger partial charge in [-0.2, -0.15) is 0 Å². The molecule has 0 radical (unpaired) electrons. The van der Waals surface area contributed by atoms with E-state index in [1.54, 1.807) is 32.0 Å². The van der Waals surface area contributed by atoms with Crippen molar-refractivity contribution < 1.29 is 18.9 Å². The smallest absolute Gasteiger partial charge is 0.274 e. The number of nitrogens with one attached hydrogen (secondary N) is 2. The number of aryl methyl sites for hydroxylation is 2. The van der Waals surface area contributed by atoms with Crippen molar-refractivity contribution in [2.75, 3.05) is 10.6 Å². The van der Waals surface area contributed by atoms with Crippen molar-refractivity contribution in [3.8, 4) is 0 Å². The molecule has 3 aromatic rings. The van der Waals surface area contributed by atoms with Crippen LogP contribution in [-0.4, -0.2) is 16.7 Å². The van der Waals surface area contributed by atoms with E-state index in [1.165, 1.54) is 24.3 Å². The van der Waals surface area contributed by atoms with Crippen molar-refractivity contribution in [2.24, 2.45) is 0 Å². The van der Waals surface area contributed by atoms with E-state index in [0.29, 0.717) is 26.7 Å². The first-order valence-electron chi connectivity index (χ1n) is 8.48. The van der Waals surface area contributed by atoms with E-state index in [9.17, 15) is 24.1 Å². The molecule has 2 N–H and O–H groups in total. The second-order valence-electron chi connectivity index (χ2n) is 6.30. The lowest BCUT2D eigenvalue weighted by Gasteiger charge is -2.06. The number of hydrogen-bond acceptors (Lipinski definition) is 5. The Kier molecular flexibility index (Phi) is 5.69. The van der Waals surface area contributed by atoms with Crippen molar-refractivity contribution in [2.45, 2.75) is 13.8 Å². The van der Waals surface area contributed by atoms with Gasteiger partial charge in [-0.05, 0) is 49.7 Å². The van der Waals surface area contributed by atoms with Crippen molar-refractivity contribution in [3.05, 3.63) is 86.0 Å². The summed E-state index contributed by atoms with van der Waals surface area (Å²) in [6.07, 6.45) is 0. The average Bonchev–Trinajstić information content (AvgIpc) is 3.03. The third-order valence-electron chi connectivity index (χ3n) is 4.11. The molecule has 0 saturated carbocycles. The van der Waals surface area contributed by atoms with Crippen molar-refractivity contribution >= 4 is 39.5 Å². The normalized spacial score (nSPS) is 10.4. The average molecular weight is 413 g/mol. The van der Waals surface area contributed by atoms with Gasteiger partial charge in [0.1, 0.15) is 5.82 Å². The van der Waals surface area contributed by atoms with Gasteiger partial charge in [0.15, 0.2) is 0 Å². The molecule has 2 amide bonds. The van der Waals surface area contributed by atoms with Gasteiger partial charge in [-0.1, -0.05) is 12.1 Å². The standard InChI is InChI=1S/C20H16FN3O4S/c1-11-6-7-15(10-16(11)24(27)28)22-20(26)18-12(2)8-17(29-18)23-19(25)13-4-3-5-14(21)9-13/h3-10H,1-2H3,(H,22,26)(H,23,25). The van der Waals surface area contributed by atoms with Crippen molar-refractivity contribution in [3.63, 3.8) is 0 Å². The van der Waals surface area contributed by atoms with Gasteiger partial charge >= 0.3 is 0 Å². The van der Waals surface area contributed by atoms with Crippen LogP contribution in [0.25, 0.3) is 0 Å². The molecular formula is C20H16FN3O4S. The summed E-state index contributed by atoms with van der Waals surface area (Å²) in [5.41, 5.74) is 1.49. The molecule has 0 aliphatic heterocycles. The van der Waals surface area contributed by atoms with E-state index in [4.69, 9.17) is 0 Å². The molecule has 0 saturated heterocycles. The minimum absolute atomic E-state index is 0.0891. The summed E-state index contributed by atoms with van der Waals surface area (Å²) >= 11 is 1.06. The molecule has 2 aromatic carbocycles. The van der Waals surface area contributed by atoms with Gasteiger partial charge in [-0.3, -0.25) is 19.7 Å². The van der Waals surface area contributed by atoms with Gasteiger partial charge in [0.25, 0.3) is 17.5 Å². The van der Waals surface area contributed by atoms with E-state index < -0.39 is 22.6 Å². The van der Waals surface area contributed by atoms with Crippen LogP contribution in [0.5, 0.6) is 0 Å². The Balaban J connectivity index is 1.76. The van der Waals surface area contributed by atoms with Gasteiger partial charge in [0.05, 0.1) is 14.8 Å². The lowest BCUT2D eigenvalue weighted by Crippen LogP contribution is -2.12. The van der Waals surface area contributed by atoms with Crippen molar-refractivity contribution in [1.29, 1.82) is 0 Å². The molecule has 0 fully saturated rings. The molecule has 1 aromatic heterocycles. The Bertz CT molecular complexity index is 1130. The van der Waals surface area contributed by atoms with E-state index in [0.717, 1.165) is 17.4 Å². The molecule has 148 valence electrons. The lowest BCUT2D eigenvalue weighted by atomic mass is 10.2. The quantitative estimate of drug-likeness (QED) is 0.458. The van der Waals surface area contributed by atoms with Crippen LogP contribution in [0.3, 0.4) is 0 Å². The number of carbonyl (C=O) groups excluding carboxylic acids is 2. The summed E-state index contributed by atoms with van der Waals surface area (Å²) < 4.78 is 13.3. The number of hydrogen-bond donors (Lipinski definition) is 2. The molecule has 0 unspecified atom stereocenters. The number of benzene rings is 2. The number of rotatable bonds is 5. The van der Waals surface area contributed by atoms with Crippen LogP contribution in [-0.2, 0) is 0 Å².